The van der Waals surface area contributed by atoms with Gasteiger partial charge in [-0.2, -0.15) is 0 Å². The summed E-state index contributed by atoms with van der Waals surface area (Å²) in [6.07, 6.45) is 4.34. The van der Waals surface area contributed by atoms with Gasteiger partial charge in [0.05, 0.1) is 6.54 Å². The van der Waals surface area contributed by atoms with E-state index in [9.17, 15) is 13.6 Å². The molecule has 0 unspecified atom stereocenters. The van der Waals surface area contributed by atoms with Gasteiger partial charge in [-0.15, -0.1) is 0 Å². The molecular weight excluding hydrogens is 348 g/mol. The van der Waals surface area contributed by atoms with Crippen LogP contribution in [0.25, 0.3) is 6.08 Å². The van der Waals surface area contributed by atoms with Crippen LogP contribution in [0.1, 0.15) is 5.56 Å². The maximum absolute atomic E-state index is 13.2. The molecule has 0 saturated carbocycles. The normalized spacial score (nSPS) is 19.9. The minimum absolute atomic E-state index is 0.177. The van der Waals surface area contributed by atoms with Crippen molar-refractivity contribution >= 4 is 17.7 Å². The smallest absolute Gasteiger partial charge is 0.279 e. The number of hydrogen-bond acceptors (Lipinski definition) is 1. The summed E-state index contributed by atoms with van der Waals surface area (Å²) in [5.74, 6) is -2.05. The fourth-order valence-electron chi connectivity index (χ4n) is 3.27. The number of benzene rings is 2. The summed E-state index contributed by atoms with van der Waals surface area (Å²) < 4.78 is 26.1. The molecule has 1 fully saturated rings. The Morgan fingerprint density at radius 3 is 2.37 bits per heavy atom. The van der Waals surface area contributed by atoms with Gasteiger partial charge >= 0.3 is 0 Å². The zero-order valence-electron chi connectivity index (χ0n) is 15.2. The lowest BCUT2D eigenvalue weighted by atomic mass is 10.2. The highest BCUT2D eigenvalue weighted by Gasteiger charge is 2.24. The third-order valence-electron chi connectivity index (χ3n) is 4.79. The van der Waals surface area contributed by atoms with E-state index in [4.69, 9.17) is 0 Å². The van der Waals surface area contributed by atoms with Crippen LogP contribution < -0.4 is 15.1 Å². The van der Waals surface area contributed by atoms with Crippen molar-refractivity contribution < 1.29 is 23.4 Å². The Labute approximate surface area is 158 Å². The molecule has 0 aliphatic carbocycles. The summed E-state index contributed by atoms with van der Waals surface area (Å²) in [7, 11) is 0. The van der Waals surface area contributed by atoms with Gasteiger partial charge in [-0.05, 0) is 23.8 Å². The largest absolute Gasteiger partial charge is 0.322 e. The Morgan fingerprint density at radius 2 is 1.67 bits per heavy atom. The highest BCUT2D eigenvalue weighted by Crippen LogP contribution is 2.12. The first-order chi connectivity index (χ1) is 13.1. The maximum atomic E-state index is 13.2. The van der Waals surface area contributed by atoms with Gasteiger partial charge in [0.2, 0.25) is 0 Å². The zero-order valence-corrected chi connectivity index (χ0v) is 15.2. The van der Waals surface area contributed by atoms with Crippen molar-refractivity contribution in [2.75, 3.05) is 44.6 Å². The van der Waals surface area contributed by atoms with Crippen molar-refractivity contribution in [3.8, 4) is 0 Å². The predicted octanol–water partition coefficient (Wildman–Crippen LogP) is 0.400. The van der Waals surface area contributed by atoms with E-state index in [0.717, 1.165) is 44.9 Å². The zero-order chi connectivity index (χ0) is 19.1. The SMILES string of the molecule is O=C(C[NH+]1CC[NH+](C/C=C/c2ccccc2)CC1)Nc1ccc(F)c(F)c1. The van der Waals surface area contributed by atoms with Crippen molar-refractivity contribution in [1.82, 2.24) is 0 Å². The van der Waals surface area contributed by atoms with Gasteiger partial charge in [-0.1, -0.05) is 36.4 Å². The monoisotopic (exact) mass is 373 g/mol. The van der Waals surface area contributed by atoms with Crippen LogP contribution in [0.15, 0.2) is 54.6 Å². The average Bonchev–Trinajstić information content (AvgIpc) is 2.67. The van der Waals surface area contributed by atoms with E-state index in [1.807, 2.05) is 18.2 Å². The van der Waals surface area contributed by atoms with E-state index in [1.54, 1.807) is 0 Å². The van der Waals surface area contributed by atoms with Crippen molar-refractivity contribution in [3.05, 3.63) is 71.8 Å². The number of rotatable bonds is 6. The fourth-order valence-corrected chi connectivity index (χ4v) is 3.27. The number of amides is 1. The number of nitrogens with one attached hydrogen (secondary N) is 3. The van der Waals surface area contributed by atoms with Crippen LogP contribution in [0, 0.1) is 11.6 Å². The fraction of sp³-hybridized carbons (Fsp3) is 0.286. The number of carbonyl (C=O) groups excluding carboxylic acids is 1. The number of carbonyl (C=O) groups is 1. The van der Waals surface area contributed by atoms with E-state index < -0.39 is 11.6 Å². The molecule has 1 aliphatic heterocycles. The molecule has 142 valence electrons. The molecule has 0 bridgehead atoms. The predicted molar refractivity (Wildman–Crippen MR) is 102 cm³/mol. The third-order valence-corrected chi connectivity index (χ3v) is 4.79. The minimum atomic E-state index is -0.957. The molecule has 1 amide bonds. The summed E-state index contributed by atoms with van der Waals surface area (Å²) >= 11 is 0. The first-order valence-corrected chi connectivity index (χ1v) is 9.24. The van der Waals surface area contributed by atoms with Crippen LogP contribution in [0.2, 0.25) is 0 Å². The second kappa shape index (κ2) is 9.39. The number of hydrogen-bond donors (Lipinski definition) is 3. The van der Waals surface area contributed by atoms with Crippen LogP contribution in [0.5, 0.6) is 0 Å². The Kier molecular flexibility index (Phi) is 6.68. The lowest BCUT2D eigenvalue weighted by molar-refractivity contribution is -1.01. The summed E-state index contributed by atoms with van der Waals surface area (Å²) in [4.78, 5) is 14.8. The second-order valence-corrected chi connectivity index (χ2v) is 6.87. The average molecular weight is 373 g/mol. The molecule has 0 aromatic heterocycles. The number of halogens is 2. The van der Waals surface area contributed by atoms with Crippen LogP contribution in [0.3, 0.4) is 0 Å². The molecular formula is C21H25F2N3O+2. The second-order valence-electron chi connectivity index (χ2n) is 6.87. The molecule has 3 N–H and O–H groups in total. The molecule has 0 radical (unpaired) electrons. The van der Waals surface area contributed by atoms with Gasteiger partial charge in [0.15, 0.2) is 18.2 Å². The van der Waals surface area contributed by atoms with Crippen LogP contribution in [0.4, 0.5) is 14.5 Å². The van der Waals surface area contributed by atoms with Crippen molar-refractivity contribution in [2.24, 2.45) is 0 Å². The first kappa shape index (κ1) is 19.2. The molecule has 0 atom stereocenters. The summed E-state index contributed by atoms with van der Waals surface area (Å²) in [6, 6.07) is 13.6. The maximum Gasteiger partial charge on any atom is 0.279 e. The Bertz CT molecular complexity index is 787. The van der Waals surface area contributed by atoms with E-state index in [-0.39, 0.29) is 11.6 Å². The highest BCUT2D eigenvalue weighted by atomic mass is 19.2. The van der Waals surface area contributed by atoms with Gasteiger partial charge in [0, 0.05) is 11.8 Å². The summed E-state index contributed by atoms with van der Waals surface area (Å²) in [5.41, 5.74) is 1.49. The Morgan fingerprint density at radius 1 is 0.963 bits per heavy atom. The van der Waals surface area contributed by atoms with E-state index in [1.165, 1.54) is 21.4 Å². The van der Waals surface area contributed by atoms with Crippen LogP contribution in [-0.2, 0) is 4.79 Å². The lowest BCUT2D eigenvalue weighted by Gasteiger charge is -2.28. The minimum Gasteiger partial charge on any atom is -0.322 e. The highest BCUT2D eigenvalue weighted by molar-refractivity contribution is 5.91. The lowest BCUT2D eigenvalue weighted by Crippen LogP contribution is -3.28. The molecule has 2 aromatic carbocycles. The molecule has 27 heavy (non-hydrogen) atoms. The summed E-state index contributed by atoms with van der Waals surface area (Å²) in [6.45, 7) is 5.16. The summed E-state index contributed by atoms with van der Waals surface area (Å²) in [5, 5.41) is 2.64. The van der Waals surface area contributed by atoms with E-state index >= 15 is 0 Å². The van der Waals surface area contributed by atoms with Gasteiger partial charge in [0.25, 0.3) is 5.91 Å². The Hall–Kier alpha value is -2.57. The molecule has 1 aliphatic rings. The van der Waals surface area contributed by atoms with Gasteiger partial charge in [-0.25, -0.2) is 8.78 Å². The molecule has 1 saturated heterocycles. The Balaban J connectivity index is 1.39. The van der Waals surface area contributed by atoms with Crippen LogP contribution in [-0.4, -0.2) is 45.2 Å². The topological polar surface area (TPSA) is 38.0 Å². The number of quaternary nitrogens is 2. The van der Waals surface area contributed by atoms with Gasteiger partial charge in [0.1, 0.15) is 26.2 Å². The molecule has 6 heteroatoms. The van der Waals surface area contributed by atoms with E-state index in [2.05, 4.69) is 29.6 Å². The molecule has 4 nitrogen and oxygen atoms in total. The number of anilines is 1. The quantitative estimate of drug-likeness (QED) is 0.674. The number of piperazine rings is 1. The van der Waals surface area contributed by atoms with Gasteiger partial charge in [-0.3, -0.25) is 4.79 Å². The third kappa shape index (κ3) is 5.98. The van der Waals surface area contributed by atoms with Gasteiger partial charge < -0.3 is 15.1 Å². The van der Waals surface area contributed by atoms with Crippen molar-refractivity contribution in [2.45, 2.75) is 0 Å². The van der Waals surface area contributed by atoms with Crippen molar-refractivity contribution in [3.63, 3.8) is 0 Å². The van der Waals surface area contributed by atoms with Crippen molar-refractivity contribution in [1.29, 1.82) is 0 Å². The molecule has 1 heterocycles. The molecule has 0 spiro atoms. The first-order valence-electron chi connectivity index (χ1n) is 9.24. The molecule has 3 rings (SSSR count). The molecule has 2 aromatic rings. The van der Waals surface area contributed by atoms with Crippen LogP contribution >= 0.6 is 0 Å². The van der Waals surface area contributed by atoms with E-state index in [0.29, 0.717) is 6.54 Å². The standard InChI is InChI=1S/C21H23F2N3O/c22-19-9-8-18(15-20(19)23)24-21(27)16-26-13-11-25(12-14-26)10-4-7-17-5-2-1-3-6-17/h1-9,15H,10-14,16H2,(H,24,27)/p+2/b7-4+.